The minimum absolute atomic E-state index is 0.199. The second kappa shape index (κ2) is 7.28. The van der Waals surface area contributed by atoms with Crippen LogP contribution >= 0.6 is 11.8 Å². The van der Waals surface area contributed by atoms with E-state index in [1.165, 1.54) is 12.5 Å². The Bertz CT molecular complexity index is 757. The highest BCUT2D eigenvalue weighted by atomic mass is 32.2. The van der Waals surface area contributed by atoms with Gasteiger partial charge in [0.05, 0.1) is 5.25 Å². The van der Waals surface area contributed by atoms with Crippen LogP contribution in [0.4, 0.5) is 5.69 Å². The quantitative estimate of drug-likeness (QED) is 0.632. The van der Waals surface area contributed by atoms with Crippen molar-refractivity contribution in [2.24, 2.45) is 0 Å². The van der Waals surface area contributed by atoms with Crippen molar-refractivity contribution in [3.05, 3.63) is 45.9 Å². The number of thioether (sulfide) groups is 1. The van der Waals surface area contributed by atoms with Gasteiger partial charge in [-0.05, 0) is 38.0 Å². The Hall–Kier alpha value is -2.35. The number of nitrogens with one attached hydrogen (secondary N) is 1. The summed E-state index contributed by atoms with van der Waals surface area (Å²) in [5.41, 5.74) is 1.71. The van der Waals surface area contributed by atoms with Gasteiger partial charge in [0.2, 0.25) is 11.1 Å². The van der Waals surface area contributed by atoms with Gasteiger partial charge in [-0.3, -0.25) is 9.59 Å². The van der Waals surface area contributed by atoms with Gasteiger partial charge in [0, 0.05) is 5.69 Å². The predicted molar refractivity (Wildman–Crippen MR) is 90.9 cm³/mol. The van der Waals surface area contributed by atoms with Gasteiger partial charge in [-0.25, -0.2) is 0 Å². The number of hydrogen-bond donors (Lipinski definition) is 2. The van der Waals surface area contributed by atoms with Crippen LogP contribution in [-0.4, -0.2) is 26.0 Å². The van der Waals surface area contributed by atoms with E-state index in [1.54, 1.807) is 6.92 Å². The van der Waals surface area contributed by atoms with E-state index in [0.717, 1.165) is 28.5 Å². The highest BCUT2D eigenvalue weighted by molar-refractivity contribution is 8.00. The minimum atomic E-state index is -0.480. The molecule has 7 nitrogen and oxygen atoms in total. The Kier molecular flexibility index (Phi) is 5.38. The Morgan fingerprint density at radius 2 is 2.00 bits per heavy atom. The molecule has 0 aliphatic rings. The summed E-state index contributed by atoms with van der Waals surface area (Å²) in [4.78, 5) is 23.9. The van der Waals surface area contributed by atoms with Crippen molar-refractivity contribution < 1.29 is 4.79 Å². The van der Waals surface area contributed by atoms with Gasteiger partial charge in [-0.2, -0.15) is 4.68 Å². The Morgan fingerprint density at radius 3 is 2.61 bits per heavy atom. The van der Waals surface area contributed by atoms with Crippen molar-refractivity contribution in [2.75, 3.05) is 11.2 Å². The van der Waals surface area contributed by atoms with E-state index in [2.05, 4.69) is 22.4 Å². The van der Waals surface area contributed by atoms with Crippen molar-refractivity contribution in [3.8, 4) is 0 Å². The molecule has 8 heteroatoms. The third-order valence-corrected chi connectivity index (χ3v) is 4.36. The van der Waals surface area contributed by atoms with Crippen LogP contribution in [0, 0.1) is 6.92 Å². The molecule has 2 aromatic rings. The number of nitrogen functional groups attached to an aromatic ring is 1. The third-order valence-electron chi connectivity index (χ3n) is 3.30. The Labute approximate surface area is 138 Å². The van der Waals surface area contributed by atoms with Crippen molar-refractivity contribution in [2.45, 2.75) is 37.6 Å². The maximum absolute atomic E-state index is 12.2. The van der Waals surface area contributed by atoms with Crippen molar-refractivity contribution in [1.82, 2.24) is 14.9 Å². The van der Waals surface area contributed by atoms with Crippen molar-refractivity contribution >= 4 is 23.4 Å². The van der Waals surface area contributed by atoms with Gasteiger partial charge in [-0.1, -0.05) is 30.8 Å². The Morgan fingerprint density at radius 1 is 1.35 bits per heavy atom. The molecule has 1 heterocycles. The lowest BCUT2D eigenvalue weighted by Crippen LogP contribution is -2.33. The van der Waals surface area contributed by atoms with Gasteiger partial charge in [0.25, 0.3) is 5.56 Å². The fourth-order valence-electron chi connectivity index (χ4n) is 1.83. The second-order valence-electron chi connectivity index (χ2n) is 5.04. The molecule has 1 aromatic heterocycles. The molecule has 23 heavy (non-hydrogen) atoms. The highest BCUT2D eigenvalue weighted by Crippen LogP contribution is 2.20. The predicted octanol–water partition coefficient (Wildman–Crippen LogP) is 1.34. The van der Waals surface area contributed by atoms with Crippen LogP contribution in [0.25, 0.3) is 0 Å². The molecule has 1 atom stereocenters. The number of benzene rings is 1. The van der Waals surface area contributed by atoms with Crippen LogP contribution in [0.1, 0.15) is 25.1 Å². The van der Waals surface area contributed by atoms with Crippen LogP contribution in [-0.2, 0) is 11.2 Å². The zero-order valence-corrected chi connectivity index (χ0v) is 14.1. The van der Waals surface area contributed by atoms with E-state index >= 15 is 0 Å². The van der Waals surface area contributed by atoms with Crippen LogP contribution in [0.2, 0.25) is 0 Å². The second-order valence-corrected chi connectivity index (χ2v) is 6.35. The standard InChI is InChI=1S/C15H19N5O2S/c1-4-11-5-7-12(8-6-11)17-13(21)10(3)23-15-19-18-9(2)14(22)20(15)16/h5-8,10H,4,16H2,1-3H3,(H,17,21)/t10-/m1/s1. The number of amides is 1. The molecule has 0 saturated carbocycles. The molecule has 0 bridgehead atoms. The molecule has 0 aliphatic heterocycles. The van der Waals surface area contributed by atoms with Gasteiger partial charge in [0.15, 0.2) is 0 Å². The van der Waals surface area contributed by atoms with E-state index in [4.69, 9.17) is 5.84 Å². The normalized spacial score (nSPS) is 12.0. The molecule has 0 fully saturated rings. The number of carbonyl (C=O) groups excluding carboxylic acids is 1. The largest absolute Gasteiger partial charge is 0.334 e. The summed E-state index contributed by atoms with van der Waals surface area (Å²) >= 11 is 1.08. The first-order chi connectivity index (χ1) is 10.9. The lowest BCUT2D eigenvalue weighted by Gasteiger charge is -2.13. The zero-order chi connectivity index (χ0) is 17.0. The SMILES string of the molecule is CCc1ccc(NC(=O)[C@@H](C)Sc2nnc(C)c(=O)n2N)cc1. The van der Waals surface area contributed by atoms with Crippen LogP contribution < -0.4 is 16.7 Å². The fourth-order valence-corrected chi connectivity index (χ4v) is 2.60. The van der Waals surface area contributed by atoms with Gasteiger partial charge in [0.1, 0.15) is 5.69 Å². The summed E-state index contributed by atoms with van der Waals surface area (Å²) in [6.07, 6.45) is 0.945. The lowest BCUT2D eigenvalue weighted by molar-refractivity contribution is -0.115. The fraction of sp³-hybridized carbons (Fsp3) is 0.333. The summed E-state index contributed by atoms with van der Waals surface area (Å²) in [6.45, 7) is 5.32. The molecule has 1 amide bonds. The summed E-state index contributed by atoms with van der Waals surface area (Å²) in [6, 6.07) is 7.66. The number of hydrogen-bond acceptors (Lipinski definition) is 6. The molecular weight excluding hydrogens is 314 g/mol. The van der Waals surface area contributed by atoms with Gasteiger partial charge < -0.3 is 11.2 Å². The lowest BCUT2D eigenvalue weighted by atomic mass is 10.1. The molecule has 0 radical (unpaired) electrons. The van der Waals surface area contributed by atoms with E-state index < -0.39 is 10.8 Å². The number of rotatable bonds is 5. The first kappa shape index (κ1) is 17.0. The molecule has 0 saturated heterocycles. The van der Waals surface area contributed by atoms with E-state index in [9.17, 15) is 9.59 Å². The summed E-state index contributed by atoms with van der Waals surface area (Å²) < 4.78 is 0.910. The van der Waals surface area contributed by atoms with Crippen LogP contribution in [0.3, 0.4) is 0 Å². The summed E-state index contributed by atoms with van der Waals surface area (Å²) in [5, 5.41) is 10.1. The van der Waals surface area contributed by atoms with Crippen LogP contribution in [0.15, 0.2) is 34.2 Å². The maximum atomic E-state index is 12.2. The van der Waals surface area contributed by atoms with Crippen molar-refractivity contribution in [3.63, 3.8) is 0 Å². The Balaban J connectivity index is 2.05. The maximum Gasteiger partial charge on any atom is 0.294 e. The molecule has 0 aliphatic carbocycles. The van der Waals surface area contributed by atoms with Crippen molar-refractivity contribution in [1.29, 1.82) is 0 Å². The van der Waals surface area contributed by atoms with E-state index in [0.29, 0.717) is 0 Å². The molecule has 3 N–H and O–H groups in total. The average Bonchev–Trinajstić information content (AvgIpc) is 2.56. The number of aryl methyl sites for hydroxylation is 2. The molecule has 0 unspecified atom stereocenters. The number of aromatic nitrogens is 3. The minimum Gasteiger partial charge on any atom is -0.334 e. The summed E-state index contributed by atoms with van der Waals surface area (Å²) in [7, 11) is 0. The number of nitrogens with zero attached hydrogens (tertiary/aromatic N) is 3. The van der Waals surface area contributed by atoms with E-state index in [-0.39, 0.29) is 16.8 Å². The first-order valence-electron chi connectivity index (χ1n) is 7.20. The molecule has 0 spiro atoms. The number of carbonyl (C=O) groups is 1. The molecule has 2 rings (SSSR count). The highest BCUT2D eigenvalue weighted by Gasteiger charge is 2.18. The van der Waals surface area contributed by atoms with Gasteiger partial charge in [-0.15, -0.1) is 10.2 Å². The number of anilines is 1. The monoisotopic (exact) mass is 333 g/mol. The first-order valence-corrected chi connectivity index (χ1v) is 8.08. The van der Waals surface area contributed by atoms with E-state index in [1.807, 2.05) is 24.3 Å². The molecule has 1 aromatic carbocycles. The number of nitrogens with two attached hydrogens (primary N) is 1. The van der Waals surface area contributed by atoms with Crippen LogP contribution in [0.5, 0.6) is 0 Å². The average molecular weight is 333 g/mol. The molecular formula is C15H19N5O2S. The topological polar surface area (TPSA) is 103 Å². The smallest absolute Gasteiger partial charge is 0.294 e. The zero-order valence-electron chi connectivity index (χ0n) is 13.2. The summed E-state index contributed by atoms with van der Waals surface area (Å²) in [5.74, 6) is 5.47. The van der Waals surface area contributed by atoms with Gasteiger partial charge >= 0.3 is 0 Å². The molecule has 122 valence electrons. The third kappa shape index (κ3) is 4.10.